The van der Waals surface area contributed by atoms with Crippen molar-refractivity contribution in [1.29, 1.82) is 0 Å². The molecule has 0 atom stereocenters. The molecule has 47 heavy (non-hydrogen) atoms. The Kier molecular flexibility index (Phi) is 5.59. The Hall–Kier alpha value is -5.36. The van der Waals surface area contributed by atoms with Crippen molar-refractivity contribution in [2.45, 2.75) is 59.0 Å². The molecule has 0 fully saturated rings. The summed E-state index contributed by atoms with van der Waals surface area (Å²) in [6.07, 6.45) is 5.59. The van der Waals surface area contributed by atoms with E-state index in [1.165, 1.54) is 0 Å². The zero-order valence-corrected chi connectivity index (χ0v) is 27.5. The topological polar surface area (TPSA) is 48.1 Å². The smallest absolute Gasteiger partial charge is 0.143 e. The molecule has 8 rings (SSSR count). The quantitative estimate of drug-likeness (QED) is 0.196. The maximum Gasteiger partial charge on any atom is 0.143 e. The lowest BCUT2D eigenvalue weighted by atomic mass is 9.86. The van der Waals surface area contributed by atoms with Crippen molar-refractivity contribution < 1.29 is 10.2 Å². The number of imidazole rings is 1. The third-order valence-corrected chi connectivity index (χ3v) is 8.96. The fraction of sp³-hybridized carbons (Fsp3) is 0.220. The number of ether oxygens (including phenoxy) is 1. The second kappa shape index (κ2) is 10.6. The highest BCUT2D eigenvalue weighted by Crippen LogP contribution is 2.43. The van der Waals surface area contributed by atoms with Crippen LogP contribution in [0.5, 0.6) is 11.5 Å². The maximum atomic E-state index is 8.97. The molecule has 7 aromatic rings. The van der Waals surface area contributed by atoms with E-state index in [9.17, 15) is 0 Å². The van der Waals surface area contributed by atoms with Gasteiger partial charge >= 0.3 is 0 Å². The number of fused-ring (bicyclic) bond motifs is 6. The van der Waals surface area contributed by atoms with Gasteiger partial charge in [-0.25, -0.2) is 9.97 Å². The molecule has 0 N–H and O–H groups in total. The zero-order valence-electron chi connectivity index (χ0n) is 31.5. The Labute approximate surface area is 281 Å². The highest BCUT2D eigenvalue weighted by atomic mass is 16.5. The van der Waals surface area contributed by atoms with Crippen molar-refractivity contribution in [3.63, 3.8) is 0 Å². The van der Waals surface area contributed by atoms with Gasteiger partial charge < -0.3 is 14.2 Å². The van der Waals surface area contributed by atoms with Gasteiger partial charge in [0.2, 0.25) is 0 Å². The first kappa shape index (κ1) is 24.8. The van der Waals surface area contributed by atoms with Crippen LogP contribution in [0.4, 0.5) is 11.4 Å². The number of benzene rings is 4. The van der Waals surface area contributed by atoms with Crippen molar-refractivity contribution in [3.05, 3.63) is 127 Å². The van der Waals surface area contributed by atoms with Gasteiger partial charge in [0.05, 0.1) is 22.2 Å². The van der Waals surface area contributed by atoms with Gasteiger partial charge in [0, 0.05) is 52.7 Å². The van der Waals surface area contributed by atoms with Crippen LogP contribution in [-0.2, 0) is 17.5 Å². The standard InChI is InChI=1S/C41H39N5O/c1-40(2,3)27-17-18-42-38(23-27)46-36-14-10-7-11-32(36)33-16-15-30(25-37(33)46)47-31-22-28(41(4,5)6)21-29(24-31)45-26-44-20-19-43-39(44)34-12-8-9-13-35(34)45/h7-25H,26H2,1-6H3/i7D,10D,11D,14D. The molecule has 0 aliphatic carbocycles. The first-order valence-corrected chi connectivity index (χ1v) is 15.9. The molecule has 0 unspecified atom stereocenters. The minimum Gasteiger partial charge on any atom is -0.457 e. The minimum absolute atomic E-state index is 0.0826. The van der Waals surface area contributed by atoms with Crippen molar-refractivity contribution in [2.75, 3.05) is 4.90 Å². The van der Waals surface area contributed by atoms with Gasteiger partial charge in [-0.05, 0) is 76.5 Å². The highest BCUT2D eigenvalue weighted by molar-refractivity contribution is 6.09. The summed E-state index contributed by atoms with van der Waals surface area (Å²) in [6.45, 7) is 13.6. The van der Waals surface area contributed by atoms with Gasteiger partial charge in [0.1, 0.15) is 29.8 Å². The summed E-state index contributed by atoms with van der Waals surface area (Å²) in [5.74, 6) is 2.76. The maximum absolute atomic E-state index is 8.97. The summed E-state index contributed by atoms with van der Waals surface area (Å²) < 4.78 is 45.5. The molecule has 1 aliphatic heterocycles. The van der Waals surface area contributed by atoms with Crippen LogP contribution in [0, 0.1) is 0 Å². The first-order valence-electron chi connectivity index (χ1n) is 17.9. The molecule has 0 saturated heterocycles. The van der Waals surface area contributed by atoms with Gasteiger partial charge in [0.15, 0.2) is 0 Å². The Bertz CT molecular complexity index is 2520. The zero-order chi connectivity index (χ0) is 36.0. The molecule has 1 aliphatic rings. The van der Waals surface area contributed by atoms with E-state index >= 15 is 0 Å². The molecule has 0 radical (unpaired) electrons. The number of pyridine rings is 1. The van der Waals surface area contributed by atoms with Crippen LogP contribution < -0.4 is 9.64 Å². The van der Waals surface area contributed by atoms with E-state index < -0.39 is 0 Å². The second-order valence-corrected chi connectivity index (χ2v) is 14.3. The van der Waals surface area contributed by atoms with Gasteiger partial charge in [-0.3, -0.25) is 4.57 Å². The monoisotopic (exact) mass is 621 g/mol. The van der Waals surface area contributed by atoms with Gasteiger partial charge in [-0.2, -0.15) is 0 Å². The summed E-state index contributed by atoms with van der Waals surface area (Å²) in [5, 5.41) is 1.14. The fourth-order valence-corrected chi connectivity index (χ4v) is 6.39. The van der Waals surface area contributed by atoms with Crippen molar-refractivity contribution in [2.24, 2.45) is 0 Å². The van der Waals surface area contributed by atoms with E-state index in [1.54, 1.807) is 6.20 Å². The molecule has 234 valence electrons. The van der Waals surface area contributed by atoms with Gasteiger partial charge in [-0.1, -0.05) is 71.8 Å². The van der Waals surface area contributed by atoms with E-state index in [-0.39, 0.29) is 35.0 Å². The molecule has 4 heterocycles. The number of nitrogens with zero attached hydrogens (tertiary/aromatic N) is 5. The fourth-order valence-electron chi connectivity index (χ4n) is 6.39. The summed E-state index contributed by atoms with van der Waals surface area (Å²) in [4.78, 5) is 11.6. The summed E-state index contributed by atoms with van der Waals surface area (Å²) in [6, 6.07) is 23.6. The predicted octanol–water partition coefficient (Wildman–Crippen LogP) is 10.5. The molecule has 0 bridgehead atoms. The Balaban J connectivity index is 1.30. The summed E-state index contributed by atoms with van der Waals surface area (Å²) in [7, 11) is 0. The lowest BCUT2D eigenvalue weighted by Gasteiger charge is -2.33. The lowest BCUT2D eigenvalue weighted by Crippen LogP contribution is -2.26. The van der Waals surface area contributed by atoms with Gasteiger partial charge in [0.25, 0.3) is 0 Å². The molecule has 6 heteroatoms. The van der Waals surface area contributed by atoms with Gasteiger partial charge in [-0.15, -0.1) is 0 Å². The van der Waals surface area contributed by atoms with E-state index in [4.69, 9.17) is 15.2 Å². The van der Waals surface area contributed by atoms with Crippen LogP contribution in [0.1, 0.15) is 58.2 Å². The second-order valence-electron chi connectivity index (χ2n) is 14.3. The SMILES string of the molecule is [2H]c1c([2H])c([2H])c2c(c1[2H])c1ccc(Oc3cc(N4Cn5ccnc5-c5ccccc54)cc(C(C)(C)C)c3)cc1n2-c1cc(C(C)(C)C)ccn1. The number of para-hydroxylation sites is 2. The predicted molar refractivity (Wildman–Crippen MR) is 192 cm³/mol. The average Bonchev–Trinajstić information content (AvgIpc) is 3.72. The van der Waals surface area contributed by atoms with E-state index in [0.29, 0.717) is 45.8 Å². The van der Waals surface area contributed by atoms with Crippen LogP contribution >= 0.6 is 0 Å². The molecule has 3 aromatic heterocycles. The number of anilines is 2. The van der Waals surface area contributed by atoms with E-state index in [0.717, 1.165) is 33.9 Å². The number of hydrogen-bond acceptors (Lipinski definition) is 4. The Morgan fingerprint density at radius 3 is 2.36 bits per heavy atom. The third-order valence-electron chi connectivity index (χ3n) is 8.96. The van der Waals surface area contributed by atoms with Crippen molar-refractivity contribution >= 4 is 33.2 Å². The van der Waals surface area contributed by atoms with Crippen LogP contribution in [0.2, 0.25) is 0 Å². The Morgan fingerprint density at radius 1 is 0.723 bits per heavy atom. The van der Waals surface area contributed by atoms with Crippen LogP contribution in [0.15, 0.2) is 116 Å². The molecular weight excluding hydrogens is 578 g/mol. The van der Waals surface area contributed by atoms with Crippen LogP contribution in [0.3, 0.4) is 0 Å². The molecular formula is C41H39N5O. The summed E-state index contributed by atoms with van der Waals surface area (Å²) in [5.41, 5.74) is 6.04. The first-order chi connectivity index (χ1) is 24.2. The number of aromatic nitrogens is 4. The average molecular weight is 622 g/mol. The highest BCUT2D eigenvalue weighted by Gasteiger charge is 2.26. The normalized spacial score (nSPS) is 14.4. The lowest BCUT2D eigenvalue weighted by molar-refractivity contribution is 0.479. The van der Waals surface area contributed by atoms with E-state index in [1.807, 2.05) is 59.4 Å². The molecule has 6 nitrogen and oxygen atoms in total. The van der Waals surface area contributed by atoms with Crippen molar-refractivity contribution in [1.82, 2.24) is 19.1 Å². The third kappa shape index (κ3) is 5.05. The van der Waals surface area contributed by atoms with E-state index in [2.05, 4.69) is 86.3 Å². The Morgan fingerprint density at radius 2 is 1.53 bits per heavy atom. The van der Waals surface area contributed by atoms with Crippen LogP contribution in [0.25, 0.3) is 39.0 Å². The number of hydrogen-bond donors (Lipinski definition) is 0. The van der Waals surface area contributed by atoms with Crippen molar-refractivity contribution in [3.8, 4) is 28.7 Å². The largest absolute Gasteiger partial charge is 0.457 e. The minimum atomic E-state index is -0.284. The van der Waals surface area contributed by atoms with Crippen LogP contribution in [-0.4, -0.2) is 19.1 Å². The molecule has 0 saturated carbocycles. The molecule has 0 amide bonds. The molecule has 4 aromatic carbocycles. The summed E-state index contributed by atoms with van der Waals surface area (Å²) >= 11 is 0. The molecule has 0 spiro atoms. The number of rotatable bonds is 4.